The molecule has 3 rings (SSSR count). The van der Waals surface area contributed by atoms with Crippen molar-refractivity contribution in [3.05, 3.63) is 69.7 Å². The second kappa shape index (κ2) is 5.34. The Morgan fingerprint density at radius 2 is 1.76 bits per heavy atom. The van der Waals surface area contributed by atoms with Crippen molar-refractivity contribution in [3.8, 4) is 0 Å². The number of carbonyl (C=O) groups is 2. The highest BCUT2D eigenvalue weighted by Gasteiger charge is 2.27. The molecule has 1 unspecified atom stereocenters. The fourth-order valence-electron chi connectivity index (χ4n) is 2.73. The monoisotopic (exact) mass is 300 g/mol. The summed E-state index contributed by atoms with van der Waals surface area (Å²) in [5.41, 5.74) is 2.97. The van der Waals surface area contributed by atoms with Crippen LogP contribution in [-0.2, 0) is 17.6 Å². The number of fused-ring (bicyclic) bond motifs is 1. The van der Waals surface area contributed by atoms with Gasteiger partial charge in [0.15, 0.2) is 5.78 Å². The van der Waals surface area contributed by atoms with Crippen LogP contribution >= 0.6 is 11.6 Å². The number of hydrogen-bond donors (Lipinski definition) is 1. The van der Waals surface area contributed by atoms with Crippen LogP contribution in [0.2, 0.25) is 5.02 Å². The first-order chi connectivity index (χ1) is 10.1. The van der Waals surface area contributed by atoms with Crippen molar-refractivity contribution in [2.75, 3.05) is 0 Å². The average Bonchev–Trinajstić information content (AvgIpc) is 2.90. The van der Waals surface area contributed by atoms with Crippen LogP contribution in [-0.4, -0.2) is 16.9 Å². The van der Waals surface area contributed by atoms with Gasteiger partial charge in [-0.25, -0.2) is 0 Å². The molecule has 0 fully saturated rings. The molecule has 3 nitrogen and oxygen atoms in total. The van der Waals surface area contributed by atoms with E-state index in [-0.39, 0.29) is 11.7 Å². The Balaban J connectivity index is 1.93. The van der Waals surface area contributed by atoms with E-state index in [2.05, 4.69) is 0 Å². The third-order valence-electron chi connectivity index (χ3n) is 3.87. The first-order valence-electron chi connectivity index (χ1n) is 6.70. The van der Waals surface area contributed by atoms with Crippen molar-refractivity contribution in [1.82, 2.24) is 0 Å². The van der Waals surface area contributed by atoms with E-state index in [4.69, 9.17) is 16.7 Å². The topological polar surface area (TPSA) is 54.4 Å². The van der Waals surface area contributed by atoms with Crippen LogP contribution in [0.15, 0.2) is 42.5 Å². The predicted octanol–water partition coefficient (Wildman–Crippen LogP) is 3.37. The molecule has 0 aromatic heterocycles. The largest absolute Gasteiger partial charge is 0.481 e. The van der Waals surface area contributed by atoms with Crippen LogP contribution in [0.1, 0.15) is 27.0 Å². The second-order valence-electron chi connectivity index (χ2n) is 5.24. The lowest BCUT2D eigenvalue weighted by molar-refractivity contribution is -0.141. The first kappa shape index (κ1) is 13.8. The van der Waals surface area contributed by atoms with Crippen LogP contribution < -0.4 is 0 Å². The maximum atomic E-state index is 12.5. The molecule has 0 radical (unpaired) electrons. The molecule has 0 spiro atoms. The van der Waals surface area contributed by atoms with Crippen LogP contribution in [0.25, 0.3) is 0 Å². The van der Waals surface area contributed by atoms with Gasteiger partial charge in [-0.3, -0.25) is 9.59 Å². The number of ketones is 1. The standard InChI is InChI=1S/C17H13ClO3/c18-15-4-2-1-3-14(15)16(19)11-6-5-10-7-13(17(20)21)9-12(10)8-11/h1-6,8,13H,7,9H2,(H,20,21). The fraction of sp³-hybridized carbons (Fsp3) is 0.176. The zero-order chi connectivity index (χ0) is 15.0. The first-order valence-corrected chi connectivity index (χ1v) is 7.08. The van der Waals surface area contributed by atoms with Gasteiger partial charge in [-0.05, 0) is 42.2 Å². The number of aliphatic carboxylic acids is 1. The molecule has 0 amide bonds. The third kappa shape index (κ3) is 2.57. The van der Waals surface area contributed by atoms with Gasteiger partial charge in [0.25, 0.3) is 0 Å². The minimum atomic E-state index is -0.787. The van der Waals surface area contributed by atoms with E-state index >= 15 is 0 Å². The van der Waals surface area contributed by atoms with Crippen LogP contribution in [0.5, 0.6) is 0 Å². The summed E-state index contributed by atoms with van der Waals surface area (Å²) < 4.78 is 0. The van der Waals surface area contributed by atoms with Gasteiger partial charge in [0.1, 0.15) is 0 Å². The van der Waals surface area contributed by atoms with E-state index in [1.54, 1.807) is 36.4 Å². The molecule has 1 N–H and O–H groups in total. The highest BCUT2D eigenvalue weighted by Crippen LogP contribution is 2.29. The van der Waals surface area contributed by atoms with Crippen molar-refractivity contribution >= 4 is 23.4 Å². The minimum absolute atomic E-state index is 0.137. The van der Waals surface area contributed by atoms with Crippen LogP contribution in [0.3, 0.4) is 0 Å². The Morgan fingerprint density at radius 3 is 2.48 bits per heavy atom. The number of carbonyl (C=O) groups excluding carboxylic acids is 1. The van der Waals surface area contributed by atoms with Crippen molar-refractivity contribution < 1.29 is 14.7 Å². The third-order valence-corrected chi connectivity index (χ3v) is 4.20. The number of rotatable bonds is 3. The average molecular weight is 301 g/mol. The van der Waals surface area contributed by atoms with Crippen molar-refractivity contribution in [1.29, 1.82) is 0 Å². The summed E-state index contributed by atoms with van der Waals surface area (Å²) in [4.78, 5) is 23.6. The number of hydrogen-bond acceptors (Lipinski definition) is 2. The summed E-state index contributed by atoms with van der Waals surface area (Å²) in [5.74, 6) is -1.31. The molecule has 2 aromatic rings. The summed E-state index contributed by atoms with van der Waals surface area (Å²) in [6, 6.07) is 12.3. The Morgan fingerprint density at radius 1 is 1.05 bits per heavy atom. The number of halogens is 1. The van der Waals surface area contributed by atoms with Crippen LogP contribution in [0, 0.1) is 5.92 Å². The molecule has 0 heterocycles. The lowest BCUT2D eigenvalue weighted by Gasteiger charge is -2.05. The smallest absolute Gasteiger partial charge is 0.307 e. The van der Waals surface area contributed by atoms with E-state index in [1.807, 2.05) is 6.07 Å². The van der Waals surface area contributed by atoms with Gasteiger partial charge < -0.3 is 5.11 Å². The highest BCUT2D eigenvalue weighted by atomic mass is 35.5. The number of benzene rings is 2. The summed E-state index contributed by atoms with van der Waals surface area (Å²) in [6.45, 7) is 0. The van der Waals surface area contributed by atoms with E-state index < -0.39 is 5.97 Å². The molecule has 0 saturated heterocycles. The van der Waals surface area contributed by atoms with Gasteiger partial charge in [0.05, 0.1) is 10.9 Å². The summed E-state index contributed by atoms with van der Waals surface area (Å²) in [7, 11) is 0. The molecule has 106 valence electrons. The van der Waals surface area contributed by atoms with Crippen molar-refractivity contribution in [3.63, 3.8) is 0 Å². The molecule has 1 aliphatic carbocycles. The molecule has 2 aromatic carbocycles. The maximum Gasteiger partial charge on any atom is 0.307 e. The fourth-order valence-corrected chi connectivity index (χ4v) is 2.96. The summed E-state index contributed by atoms with van der Waals surface area (Å²) >= 11 is 6.05. The Kier molecular flexibility index (Phi) is 3.52. The van der Waals surface area contributed by atoms with Gasteiger partial charge in [0.2, 0.25) is 0 Å². The molecule has 4 heteroatoms. The van der Waals surface area contributed by atoms with Crippen molar-refractivity contribution in [2.45, 2.75) is 12.8 Å². The molecule has 0 aliphatic heterocycles. The lowest BCUT2D eigenvalue weighted by atomic mass is 9.99. The molecule has 1 atom stereocenters. The van der Waals surface area contributed by atoms with Crippen LogP contribution in [0.4, 0.5) is 0 Å². The normalized spacial score (nSPS) is 16.5. The van der Waals surface area contributed by atoms with E-state index in [9.17, 15) is 9.59 Å². The molecular weight excluding hydrogens is 288 g/mol. The number of carboxylic acids is 1. The number of carboxylic acid groups (broad SMARTS) is 1. The zero-order valence-corrected chi connectivity index (χ0v) is 11.9. The minimum Gasteiger partial charge on any atom is -0.481 e. The van der Waals surface area contributed by atoms with Gasteiger partial charge in [-0.15, -0.1) is 0 Å². The Hall–Kier alpha value is -2.13. The predicted molar refractivity (Wildman–Crippen MR) is 79.9 cm³/mol. The quantitative estimate of drug-likeness (QED) is 0.884. The van der Waals surface area contributed by atoms with Crippen molar-refractivity contribution in [2.24, 2.45) is 5.92 Å². The van der Waals surface area contributed by atoms with Gasteiger partial charge >= 0.3 is 5.97 Å². The zero-order valence-electron chi connectivity index (χ0n) is 11.2. The van der Waals surface area contributed by atoms with Gasteiger partial charge in [0, 0.05) is 11.1 Å². The summed E-state index contributed by atoms with van der Waals surface area (Å²) in [6.07, 6.45) is 1.01. The highest BCUT2D eigenvalue weighted by molar-refractivity contribution is 6.35. The van der Waals surface area contributed by atoms with Gasteiger partial charge in [-0.2, -0.15) is 0 Å². The van der Waals surface area contributed by atoms with Gasteiger partial charge in [-0.1, -0.05) is 35.9 Å². The molecule has 0 bridgehead atoms. The maximum absolute atomic E-state index is 12.5. The Bertz CT molecular complexity index is 737. The summed E-state index contributed by atoms with van der Waals surface area (Å²) in [5, 5.41) is 9.52. The van der Waals surface area contributed by atoms with E-state index in [1.165, 1.54) is 0 Å². The molecular formula is C17H13ClO3. The van der Waals surface area contributed by atoms with E-state index in [0.717, 1.165) is 11.1 Å². The molecule has 21 heavy (non-hydrogen) atoms. The second-order valence-corrected chi connectivity index (χ2v) is 5.64. The Labute approximate surface area is 127 Å². The lowest BCUT2D eigenvalue weighted by Crippen LogP contribution is -2.12. The SMILES string of the molecule is O=C(c1ccc2c(c1)CC(C(=O)O)C2)c1ccccc1Cl. The molecule has 1 aliphatic rings. The van der Waals surface area contributed by atoms with E-state index in [0.29, 0.717) is 29.0 Å². The molecule has 0 saturated carbocycles.